The van der Waals surface area contributed by atoms with Gasteiger partial charge in [-0.25, -0.2) is 4.98 Å². The molecule has 0 bridgehead atoms. The average molecular weight is 418 g/mol. The zero-order valence-electron chi connectivity index (χ0n) is 17.9. The Balaban J connectivity index is 1.45. The molecular formula is C24H27N5O2. The zero-order valence-corrected chi connectivity index (χ0v) is 17.9. The van der Waals surface area contributed by atoms with Crippen molar-refractivity contribution in [1.29, 1.82) is 0 Å². The van der Waals surface area contributed by atoms with Crippen LogP contribution in [0.2, 0.25) is 0 Å². The number of hydrogen-bond acceptors (Lipinski definition) is 6. The second kappa shape index (κ2) is 9.47. The first kappa shape index (κ1) is 20.7. The summed E-state index contributed by atoms with van der Waals surface area (Å²) in [4.78, 5) is 26.4. The number of rotatable bonds is 6. The first-order valence-electron chi connectivity index (χ1n) is 10.6. The average Bonchev–Trinajstić information content (AvgIpc) is 2.80. The lowest BCUT2D eigenvalue weighted by atomic mass is 10.1. The fourth-order valence-corrected chi connectivity index (χ4v) is 3.59. The summed E-state index contributed by atoms with van der Waals surface area (Å²) in [7, 11) is 0. The Bertz CT molecular complexity index is 1030. The van der Waals surface area contributed by atoms with Crippen molar-refractivity contribution in [2.24, 2.45) is 0 Å². The van der Waals surface area contributed by atoms with E-state index in [0.717, 1.165) is 18.1 Å². The number of aromatic nitrogens is 2. The third-order valence-electron chi connectivity index (χ3n) is 5.14. The van der Waals surface area contributed by atoms with Gasteiger partial charge >= 0.3 is 0 Å². The summed E-state index contributed by atoms with van der Waals surface area (Å²) in [5, 5.41) is 3.25. The molecule has 1 amide bonds. The van der Waals surface area contributed by atoms with Gasteiger partial charge < -0.3 is 19.9 Å². The van der Waals surface area contributed by atoms with Crippen molar-refractivity contribution >= 4 is 17.7 Å². The Morgan fingerprint density at radius 1 is 1.00 bits per heavy atom. The minimum absolute atomic E-state index is 0.0234. The van der Waals surface area contributed by atoms with Crippen molar-refractivity contribution in [3.63, 3.8) is 0 Å². The van der Waals surface area contributed by atoms with E-state index >= 15 is 0 Å². The van der Waals surface area contributed by atoms with Crippen molar-refractivity contribution in [2.45, 2.75) is 13.8 Å². The second-order valence-corrected chi connectivity index (χ2v) is 7.42. The monoisotopic (exact) mass is 417 g/mol. The molecule has 0 saturated carbocycles. The van der Waals surface area contributed by atoms with Crippen LogP contribution in [0.4, 0.5) is 11.8 Å². The molecule has 2 heterocycles. The van der Waals surface area contributed by atoms with E-state index in [1.54, 1.807) is 0 Å². The highest BCUT2D eigenvalue weighted by atomic mass is 16.5. The maximum absolute atomic E-state index is 13.2. The van der Waals surface area contributed by atoms with Gasteiger partial charge in [-0.2, -0.15) is 4.98 Å². The van der Waals surface area contributed by atoms with Crippen LogP contribution in [0.1, 0.15) is 23.0 Å². The number of hydrogen-bond donors (Lipinski definition) is 1. The highest BCUT2D eigenvalue weighted by Crippen LogP contribution is 2.26. The second-order valence-electron chi connectivity index (χ2n) is 7.42. The molecule has 1 aromatic heterocycles. The van der Waals surface area contributed by atoms with Crippen LogP contribution in [0.25, 0.3) is 0 Å². The van der Waals surface area contributed by atoms with E-state index in [1.165, 1.54) is 0 Å². The minimum atomic E-state index is -0.0234. The molecule has 0 aliphatic carbocycles. The van der Waals surface area contributed by atoms with Gasteiger partial charge in [0, 0.05) is 44.5 Å². The molecule has 31 heavy (non-hydrogen) atoms. The molecule has 1 N–H and O–H groups in total. The van der Waals surface area contributed by atoms with E-state index in [-0.39, 0.29) is 5.91 Å². The Labute approximate surface area is 182 Å². The molecule has 1 fully saturated rings. The van der Waals surface area contributed by atoms with Gasteiger partial charge in [0.1, 0.15) is 17.3 Å². The predicted octanol–water partition coefficient (Wildman–Crippen LogP) is 3.97. The van der Waals surface area contributed by atoms with Crippen LogP contribution in [0.3, 0.4) is 0 Å². The van der Waals surface area contributed by atoms with Crippen LogP contribution in [0.5, 0.6) is 11.5 Å². The van der Waals surface area contributed by atoms with Crippen LogP contribution in [0, 0.1) is 6.92 Å². The topological polar surface area (TPSA) is 70.6 Å². The maximum Gasteiger partial charge on any atom is 0.257 e. The first-order valence-corrected chi connectivity index (χ1v) is 10.6. The van der Waals surface area contributed by atoms with Crippen LogP contribution >= 0.6 is 0 Å². The van der Waals surface area contributed by atoms with Crippen molar-refractivity contribution in [3.05, 3.63) is 71.9 Å². The highest BCUT2D eigenvalue weighted by molar-refractivity contribution is 5.97. The number of amides is 1. The van der Waals surface area contributed by atoms with Gasteiger partial charge in [-0.15, -0.1) is 0 Å². The molecule has 4 rings (SSSR count). The van der Waals surface area contributed by atoms with Gasteiger partial charge in [0.2, 0.25) is 5.95 Å². The van der Waals surface area contributed by atoms with Crippen molar-refractivity contribution in [3.8, 4) is 11.5 Å². The first-order chi connectivity index (χ1) is 15.1. The number of nitrogens with zero attached hydrogens (tertiary/aromatic N) is 4. The van der Waals surface area contributed by atoms with Gasteiger partial charge in [-0.05, 0) is 38.1 Å². The molecule has 1 saturated heterocycles. The summed E-state index contributed by atoms with van der Waals surface area (Å²) in [5.41, 5.74) is 1.49. The van der Waals surface area contributed by atoms with Crippen molar-refractivity contribution in [1.82, 2.24) is 14.9 Å². The van der Waals surface area contributed by atoms with E-state index in [2.05, 4.69) is 20.2 Å². The van der Waals surface area contributed by atoms with E-state index in [4.69, 9.17) is 4.74 Å². The smallest absolute Gasteiger partial charge is 0.257 e. The maximum atomic E-state index is 13.2. The summed E-state index contributed by atoms with van der Waals surface area (Å²) in [6.07, 6.45) is 0. The van der Waals surface area contributed by atoms with E-state index < -0.39 is 0 Å². The van der Waals surface area contributed by atoms with Crippen molar-refractivity contribution < 1.29 is 9.53 Å². The summed E-state index contributed by atoms with van der Waals surface area (Å²) < 4.78 is 5.98. The molecule has 160 valence electrons. The molecule has 0 radical (unpaired) electrons. The number of carbonyl (C=O) groups is 1. The number of piperazine rings is 1. The van der Waals surface area contributed by atoms with Crippen LogP contribution < -0.4 is 15.0 Å². The number of aryl methyl sites for hydroxylation is 1. The van der Waals surface area contributed by atoms with Gasteiger partial charge in [-0.1, -0.05) is 30.3 Å². The standard InChI is InChI=1S/C24H27N5O2/c1-3-25-22-17-18(2)26-24(27-22)29-15-13-28(14-16-29)23(30)20-11-7-8-12-21(20)31-19-9-5-4-6-10-19/h4-12,17H,3,13-16H2,1-2H3,(H,25,26,27). The van der Waals surface area contributed by atoms with Gasteiger partial charge in [-0.3, -0.25) is 4.79 Å². The van der Waals surface area contributed by atoms with Crippen molar-refractivity contribution in [2.75, 3.05) is 42.9 Å². The Hall–Kier alpha value is -3.61. The van der Waals surface area contributed by atoms with Crippen LogP contribution in [-0.2, 0) is 0 Å². The fraction of sp³-hybridized carbons (Fsp3) is 0.292. The number of nitrogens with one attached hydrogen (secondary N) is 1. The summed E-state index contributed by atoms with van der Waals surface area (Å²) >= 11 is 0. The van der Waals surface area contributed by atoms with Gasteiger partial charge in [0.25, 0.3) is 5.91 Å². The lowest BCUT2D eigenvalue weighted by Gasteiger charge is -2.35. The van der Waals surface area contributed by atoms with Gasteiger partial charge in [0.15, 0.2) is 0 Å². The number of ether oxygens (including phenoxy) is 1. The van der Waals surface area contributed by atoms with Crippen LogP contribution in [0.15, 0.2) is 60.7 Å². The quantitative estimate of drug-likeness (QED) is 0.654. The molecule has 0 atom stereocenters. The Morgan fingerprint density at radius 2 is 1.71 bits per heavy atom. The molecule has 7 heteroatoms. The predicted molar refractivity (Wildman–Crippen MR) is 122 cm³/mol. The number of para-hydroxylation sites is 2. The summed E-state index contributed by atoms with van der Waals surface area (Å²) in [6.45, 7) is 7.39. The molecule has 1 aliphatic heterocycles. The molecule has 2 aromatic carbocycles. The van der Waals surface area contributed by atoms with Crippen LogP contribution in [-0.4, -0.2) is 53.5 Å². The SMILES string of the molecule is CCNc1cc(C)nc(N2CCN(C(=O)c3ccccc3Oc3ccccc3)CC2)n1. The normalized spacial score (nSPS) is 13.7. The molecule has 0 spiro atoms. The molecular weight excluding hydrogens is 390 g/mol. The molecule has 1 aliphatic rings. The van der Waals surface area contributed by atoms with E-state index in [0.29, 0.717) is 49.2 Å². The number of benzene rings is 2. The highest BCUT2D eigenvalue weighted by Gasteiger charge is 2.25. The zero-order chi connectivity index (χ0) is 21.6. The minimum Gasteiger partial charge on any atom is -0.457 e. The molecule has 3 aromatic rings. The van der Waals surface area contributed by atoms with E-state index in [1.807, 2.05) is 79.4 Å². The Morgan fingerprint density at radius 3 is 2.45 bits per heavy atom. The number of carbonyl (C=O) groups excluding carboxylic acids is 1. The molecule has 0 unspecified atom stereocenters. The lowest BCUT2D eigenvalue weighted by Crippen LogP contribution is -2.49. The summed E-state index contributed by atoms with van der Waals surface area (Å²) in [6, 6.07) is 18.8. The fourth-order valence-electron chi connectivity index (χ4n) is 3.59. The molecule has 7 nitrogen and oxygen atoms in total. The summed E-state index contributed by atoms with van der Waals surface area (Å²) in [5.74, 6) is 2.79. The number of anilines is 2. The third-order valence-corrected chi connectivity index (χ3v) is 5.14. The van der Waals surface area contributed by atoms with Gasteiger partial charge in [0.05, 0.1) is 5.56 Å². The van der Waals surface area contributed by atoms with E-state index in [9.17, 15) is 4.79 Å². The largest absolute Gasteiger partial charge is 0.457 e. The lowest BCUT2D eigenvalue weighted by molar-refractivity contribution is 0.0743. The Kier molecular flexibility index (Phi) is 6.31. The third kappa shape index (κ3) is 4.94.